The Hall–Kier alpha value is -0.770. The first kappa shape index (κ1) is 15.3. The highest BCUT2D eigenvalue weighted by Gasteiger charge is 2.31. The van der Waals surface area contributed by atoms with Gasteiger partial charge >= 0.3 is 6.09 Å². The zero-order valence-electron chi connectivity index (χ0n) is 12.2. The van der Waals surface area contributed by atoms with Gasteiger partial charge in [-0.3, -0.25) is 0 Å². The molecular weight excluding hydrogens is 228 g/mol. The van der Waals surface area contributed by atoms with Crippen molar-refractivity contribution >= 4 is 6.09 Å². The molecule has 4 heteroatoms. The number of likely N-dealkylation sites (tertiary alicyclic amines) is 1. The average molecular weight is 256 g/mol. The standard InChI is InChI=1S/C14H28N2O2/c1-5-11-10-16(9-7-12(11)6-8-15)13(17)18-14(2,3)4/h11-12H,5-10,15H2,1-4H3. The summed E-state index contributed by atoms with van der Waals surface area (Å²) in [6.07, 6.45) is 3.05. The summed E-state index contributed by atoms with van der Waals surface area (Å²) in [5, 5.41) is 0. The van der Waals surface area contributed by atoms with Crippen molar-refractivity contribution in [1.29, 1.82) is 0 Å². The van der Waals surface area contributed by atoms with Crippen molar-refractivity contribution in [2.75, 3.05) is 19.6 Å². The van der Waals surface area contributed by atoms with E-state index in [2.05, 4.69) is 6.92 Å². The maximum absolute atomic E-state index is 12.0. The molecule has 0 radical (unpaired) electrons. The lowest BCUT2D eigenvalue weighted by Crippen LogP contribution is -2.46. The Morgan fingerprint density at radius 3 is 2.56 bits per heavy atom. The molecule has 106 valence electrons. The van der Waals surface area contributed by atoms with Gasteiger partial charge in [-0.15, -0.1) is 0 Å². The van der Waals surface area contributed by atoms with Crippen LogP contribution in [0.5, 0.6) is 0 Å². The number of hydrogen-bond acceptors (Lipinski definition) is 3. The molecule has 2 unspecified atom stereocenters. The minimum Gasteiger partial charge on any atom is -0.444 e. The number of carbonyl (C=O) groups is 1. The smallest absolute Gasteiger partial charge is 0.410 e. The predicted molar refractivity (Wildman–Crippen MR) is 73.4 cm³/mol. The minimum atomic E-state index is -0.410. The van der Waals surface area contributed by atoms with Crippen LogP contribution in [-0.4, -0.2) is 36.2 Å². The molecule has 2 atom stereocenters. The summed E-state index contributed by atoms with van der Waals surface area (Å²) in [5.74, 6) is 1.23. The van der Waals surface area contributed by atoms with Crippen LogP contribution in [0.3, 0.4) is 0 Å². The second-order valence-electron chi connectivity index (χ2n) is 6.22. The average Bonchev–Trinajstić information content (AvgIpc) is 2.27. The van der Waals surface area contributed by atoms with E-state index in [9.17, 15) is 4.79 Å². The fraction of sp³-hybridized carbons (Fsp3) is 0.929. The van der Waals surface area contributed by atoms with Gasteiger partial charge < -0.3 is 15.4 Å². The van der Waals surface area contributed by atoms with Crippen LogP contribution in [0.25, 0.3) is 0 Å². The molecule has 4 nitrogen and oxygen atoms in total. The van der Waals surface area contributed by atoms with Gasteiger partial charge in [0.25, 0.3) is 0 Å². The molecule has 0 aromatic carbocycles. The lowest BCUT2D eigenvalue weighted by Gasteiger charge is -2.38. The van der Waals surface area contributed by atoms with E-state index in [0.717, 1.165) is 38.9 Å². The number of carbonyl (C=O) groups excluding carboxylic acids is 1. The summed E-state index contributed by atoms with van der Waals surface area (Å²) in [5.41, 5.74) is 5.24. The number of piperidine rings is 1. The van der Waals surface area contributed by atoms with Crippen LogP contribution in [0.1, 0.15) is 47.0 Å². The first-order valence-electron chi connectivity index (χ1n) is 7.05. The van der Waals surface area contributed by atoms with Crippen LogP contribution in [0.4, 0.5) is 4.79 Å². The molecule has 1 rings (SSSR count). The van der Waals surface area contributed by atoms with Crippen LogP contribution in [0.2, 0.25) is 0 Å². The molecule has 1 fully saturated rings. The third-order valence-electron chi connectivity index (χ3n) is 3.60. The highest BCUT2D eigenvalue weighted by atomic mass is 16.6. The largest absolute Gasteiger partial charge is 0.444 e. The first-order valence-corrected chi connectivity index (χ1v) is 7.05. The molecule has 0 bridgehead atoms. The lowest BCUT2D eigenvalue weighted by atomic mass is 9.82. The Morgan fingerprint density at radius 1 is 1.39 bits per heavy atom. The summed E-state index contributed by atoms with van der Waals surface area (Å²) in [4.78, 5) is 13.9. The van der Waals surface area contributed by atoms with Crippen molar-refractivity contribution in [2.24, 2.45) is 17.6 Å². The Balaban J connectivity index is 2.54. The number of nitrogens with zero attached hydrogens (tertiary/aromatic N) is 1. The van der Waals surface area contributed by atoms with Gasteiger partial charge in [0, 0.05) is 13.1 Å². The molecule has 2 N–H and O–H groups in total. The van der Waals surface area contributed by atoms with Crippen molar-refractivity contribution in [1.82, 2.24) is 4.90 Å². The van der Waals surface area contributed by atoms with E-state index in [0.29, 0.717) is 11.8 Å². The summed E-state index contributed by atoms with van der Waals surface area (Å²) in [6, 6.07) is 0. The highest BCUT2D eigenvalue weighted by molar-refractivity contribution is 5.68. The molecule has 0 saturated carbocycles. The number of rotatable bonds is 3. The maximum Gasteiger partial charge on any atom is 0.410 e. The number of ether oxygens (including phenoxy) is 1. The van der Waals surface area contributed by atoms with E-state index in [-0.39, 0.29) is 6.09 Å². The molecule has 0 aliphatic carbocycles. The molecule has 1 aliphatic heterocycles. The van der Waals surface area contributed by atoms with Crippen molar-refractivity contribution in [3.8, 4) is 0 Å². The van der Waals surface area contributed by atoms with Crippen molar-refractivity contribution in [2.45, 2.75) is 52.6 Å². The SMILES string of the molecule is CCC1CN(C(=O)OC(C)(C)C)CCC1CCN. The zero-order chi connectivity index (χ0) is 13.8. The minimum absolute atomic E-state index is 0.174. The van der Waals surface area contributed by atoms with E-state index in [1.165, 1.54) is 0 Å². The molecule has 1 aliphatic rings. The maximum atomic E-state index is 12.0. The normalized spacial score (nSPS) is 25.1. The molecular formula is C14H28N2O2. The number of amides is 1. The Bertz CT molecular complexity index is 273. The first-order chi connectivity index (χ1) is 8.37. The molecule has 0 aromatic rings. The molecule has 1 heterocycles. The molecule has 1 saturated heterocycles. The third kappa shape index (κ3) is 4.48. The van der Waals surface area contributed by atoms with Crippen LogP contribution in [0, 0.1) is 11.8 Å². The second-order valence-corrected chi connectivity index (χ2v) is 6.22. The van der Waals surface area contributed by atoms with Gasteiger partial charge in [0.05, 0.1) is 0 Å². The summed E-state index contributed by atoms with van der Waals surface area (Å²) >= 11 is 0. The van der Waals surface area contributed by atoms with Crippen molar-refractivity contribution in [3.63, 3.8) is 0 Å². The molecule has 1 amide bonds. The van der Waals surface area contributed by atoms with E-state index in [1.54, 1.807) is 0 Å². The molecule has 0 spiro atoms. The Labute approximate surface area is 111 Å². The fourth-order valence-electron chi connectivity index (χ4n) is 2.63. The van der Waals surface area contributed by atoms with Crippen molar-refractivity contribution < 1.29 is 9.53 Å². The Morgan fingerprint density at radius 2 is 2.06 bits per heavy atom. The van der Waals surface area contributed by atoms with Crippen molar-refractivity contribution in [3.05, 3.63) is 0 Å². The number of hydrogen-bond donors (Lipinski definition) is 1. The molecule has 18 heavy (non-hydrogen) atoms. The Kier molecular flexibility index (Phi) is 5.45. The predicted octanol–water partition coefficient (Wildman–Crippen LogP) is 2.62. The number of nitrogens with two attached hydrogens (primary N) is 1. The summed E-state index contributed by atoms with van der Waals surface area (Å²) in [7, 11) is 0. The lowest BCUT2D eigenvalue weighted by molar-refractivity contribution is 0.00941. The van der Waals surface area contributed by atoms with E-state index < -0.39 is 5.60 Å². The second kappa shape index (κ2) is 6.41. The summed E-state index contributed by atoms with van der Waals surface area (Å²) < 4.78 is 5.43. The van der Waals surface area contributed by atoms with E-state index >= 15 is 0 Å². The van der Waals surface area contributed by atoms with Crippen LogP contribution >= 0.6 is 0 Å². The highest BCUT2D eigenvalue weighted by Crippen LogP contribution is 2.29. The van der Waals surface area contributed by atoms with Crippen LogP contribution in [0.15, 0.2) is 0 Å². The van der Waals surface area contributed by atoms with Gasteiger partial charge in [-0.2, -0.15) is 0 Å². The van der Waals surface area contributed by atoms with E-state index in [4.69, 9.17) is 10.5 Å². The fourth-order valence-corrected chi connectivity index (χ4v) is 2.63. The van der Waals surface area contributed by atoms with Crippen LogP contribution < -0.4 is 5.73 Å². The third-order valence-corrected chi connectivity index (χ3v) is 3.60. The van der Waals surface area contributed by atoms with Gasteiger partial charge in [0.15, 0.2) is 0 Å². The molecule has 0 aromatic heterocycles. The van der Waals surface area contributed by atoms with Gasteiger partial charge in [-0.1, -0.05) is 13.3 Å². The monoisotopic (exact) mass is 256 g/mol. The van der Waals surface area contributed by atoms with Gasteiger partial charge in [0.2, 0.25) is 0 Å². The van der Waals surface area contributed by atoms with Gasteiger partial charge in [0.1, 0.15) is 5.60 Å². The quantitative estimate of drug-likeness (QED) is 0.844. The van der Waals surface area contributed by atoms with Crippen LogP contribution in [-0.2, 0) is 4.74 Å². The van der Waals surface area contributed by atoms with E-state index in [1.807, 2.05) is 25.7 Å². The van der Waals surface area contributed by atoms with Gasteiger partial charge in [-0.25, -0.2) is 4.79 Å². The van der Waals surface area contributed by atoms with Gasteiger partial charge in [-0.05, 0) is 52.0 Å². The topological polar surface area (TPSA) is 55.6 Å². The summed E-state index contributed by atoms with van der Waals surface area (Å²) in [6.45, 7) is 10.3. The zero-order valence-corrected chi connectivity index (χ0v) is 12.2.